The molecule has 0 aliphatic heterocycles. The standard InChI is InChI=1S/C29H38O4/c1-19(30)33-23-11-14-29(3)22(16-23)9-10-24-25(29)12-13-28(2)17-20(15-26(24)28)18-32-27(31)21-7-5-4-6-8-21/h4-8,17,22-26H,9-16,18H2,1-3H3/t22-,23-,24+,25-,26-,28+,29-/m0/s1. The van der Waals surface area contributed by atoms with Gasteiger partial charge >= 0.3 is 11.9 Å². The van der Waals surface area contributed by atoms with Gasteiger partial charge in [-0.1, -0.05) is 38.1 Å². The lowest BCUT2D eigenvalue weighted by molar-refractivity contribution is -0.158. The molecule has 1 aromatic rings. The molecule has 7 atom stereocenters. The van der Waals surface area contributed by atoms with Crippen LogP contribution < -0.4 is 0 Å². The van der Waals surface area contributed by atoms with Gasteiger partial charge in [-0.15, -0.1) is 0 Å². The molecule has 0 amide bonds. The molecular weight excluding hydrogens is 412 g/mol. The number of hydrogen-bond donors (Lipinski definition) is 0. The Kier molecular flexibility index (Phi) is 5.91. The van der Waals surface area contributed by atoms with Gasteiger partial charge < -0.3 is 9.47 Å². The van der Waals surface area contributed by atoms with Crippen molar-refractivity contribution in [1.29, 1.82) is 0 Å². The number of esters is 2. The maximum atomic E-state index is 12.4. The second-order valence-electron chi connectivity index (χ2n) is 11.7. The first-order valence-electron chi connectivity index (χ1n) is 12.9. The van der Waals surface area contributed by atoms with Crippen molar-refractivity contribution in [3.63, 3.8) is 0 Å². The number of benzene rings is 1. The minimum absolute atomic E-state index is 0.116. The average molecular weight is 451 g/mol. The third-order valence-corrected chi connectivity index (χ3v) is 9.80. The lowest BCUT2D eigenvalue weighted by atomic mass is 9.45. The highest BCUT2D eigenvalue weighted by Crippen LogP contribution is 2.65. The Morgan fingerprint density at radius 1 is 1.00 bits per heavy atom. The molecule has 33 heavy (non-hydrogen) atoms. The van der Waals surface area contributed by atoms with Crippen molar-refractivity contribution in [2.24, 2.45) is 34.5 Å². The van der Waals surface area contributed by atoms with Crippen molar-refractivity contribution >= 4 is 11.9 Å². The van der Waals surface area contributed by atoms with Crippen LogP contribution in [-0.2, 0) is 14.3 Å². The smallest absolute Gasteiger partial charge is 0.338 e. The van der Waals surface area contributed by atoms with Crippen LogP contribution in [0.15, 0.2) is 42.0 Å². The molecule has 178 valence electrons. The highest BCUT2D eigenvalue weighted by atomic mass is 16.5. The fourth-order valence-corrected chi connectivity index (χ4v) is 8.20. The Hall–Kier alpha value is -2.10. The summed E-state index contributed by atoms with van der Waals surface area (Å²) in [4.78, 5) is 23.9. The van der Waals surface area contributed by atoms with Gasteiger partial charge in [-0.05, 0) is 104 Å². The van der Waals surface area contributed by atoms with Crippen molar-refractivity contribution in [2.75, 3.05) is 6.61 Å². The number of hydrogen-bond acceptors (Lipinski definition) is 4. The number of ether oxygens (including phenoxy) is 2. The number of allylic oxidation sites excluding steroid dienone is 1. The third-order valence-electron chi connectivity index (χ3n) is 9.80. The summed E-state index contributed by atoms with van der Waals surface area (Å²) in [5.41, 5.74) is 2.52. The average Bonchev–Trinajstić information content (AvgIpc) is 3.14. The van der Waals surface area contributed by atoms with E-state index in [0.717, 1.165) is 31.1 Å². The minimum atomic E-state index is -0.230. The summed E-state index contributed by atoms with van der Waals surface area (Å²) >= 11 is 0. The molecule has 0 bridgehead atoms. The molecule has 0 unspecified atom stereocenters. The van der Waals surface area contributed by atoms with Crippen molar-refractivity contribution in [1.82, 2.24) is 0 Å². The monoisotopic (exact) mass is 450 g/mol. The van der Waals surface area contributed by atoms with Gasteiger partial charge in [-0.25, -0.2) is 4.79 Å². The van der Waals surface area contributed by atoms with E-state index >= 15 is 0 Å². The van der Waals surface area contributed by atoms with E-state index in [1.54, 1.807) is 0 Å². The van der Waals surface area contributed by atoms with Crippen LogP contribution in [0, 0.1) is 34.5 Å². The Balaban J connectivity index is 1.25. The molecule has 4 aliphatic carbocycles. The third kappa shape index (κ3) is 4.15. The summed E-state index contributed by atoms with van der Waals surface area (Å²) in [6.07, 6.45) is 11.9. The van der Waals surface area contributed by atoms with Crippen molar-refractivity contribution in [3.8, 4) is 0 Å². The highest BCUT2D eigenvalue weighted by Gasteiger charge is 2.58. The minimum Gasteiger partial charge on any atom is -0.463 e. The van der Waals surface area contributed by atoms with Crippen LogP contribution in [0.2, 0.25) is 0 Å². The van der Waals surface area contributed by atoms with Crippen LogP contribution in [0.1, 0.15) is 82.5 Å². The van der Waals surface area contributed by atoms with Crippen LogP contribution in [0.25, 0.3) is 0 Å². The second kappa shape index (κ2) is 8.60. The molecule has 4 heteroatoms. The highest BCUT2D eigenvalue weighted by molar-refractivity contribution is 5.89. The van der Waals surface area contributed by atoms with Crippen molar-refractivity contribution < 1.29 is 19.1 Å². The van der Waals surface area contributed by atoms with Crippen LogP contribution >= 0.6 is 0 Å². The molecule has 5 rings (SSSR count). The van der Waals surface area contributed by atoms with E-state index in [0.29, 0.717) is 29.4 Å². The van der Waals surface area contributed by atoms with Gasteiger partial charge in [0.15, 0.2) is 0 Å². The molecule has 4 nitrogen and oxygen atoms in total. The van der Waals surface area contributed by atoms with Gasteiger partial charge in [-0.3, -0.25) is 4.79 Å². The Morgan fingerprint density at radius 2 is 1.79 bits per heavy atom. The fraction of sp³-hybridized carbons (Fsp3) is 0.655. The van der Waals surface area contributed by atoms with Gasteiger partial charge in [-0.2, -0.15) is 0 Å². The van der Waals surface area contributed by atoms with E-state index in [4.69, 9.17) is 9.47 Å². The zero-order chi connectivity index (χ0) is 23.2. The van der Waals surface area contributed by atoms with Gasteiger partial charge in [0.2, 0.25) is 0 Å². The predicted octanol–water partition coefficient (Wildman–Crippen LogP) is 6.35. The van der Waals surface area contributed by atoms with E-state index in [1.165, 1.54) is 44.6 Å². The van der Waals surface area contributed by atoms with Crippen LogP contribution in [0.5, 0.6) is 0 Å². The summed E-state index contributed by atoms with van der Waals surface area (Å²) in [6.45, 7) is 6.92. The normalized spacial score (nSPS) is 39.5. The van der Waals surface area contributed by atoms with E-state index in [2.05, 4.69) is 19.9 Å². The summed E-state index contributed by atoms with van der Waals surface area (Å²) in [5.74, 6) is 2.46. The first kappa shape index (κ1) is 22.7. The molecule has 0 spiro atoms. The number of carbonyl (C=O) groups is 2. The zero-order valence-corrected chi connectivity index (χ0v) is 20.3. The molecule has 0 radical (unpaired) electrons. The molecular formula is C29H38O4. The molecule has 0 N–H and O–H groups in total. The molecule has 4 aliphatic rings. The van der Waals surface area contributed by atoms with Crippen molar-refractivity contribution in [2.45, 2.75) is 78.2 Å². The maximum Gasteiger partial charge on any atom is 0.338 e. The van der Waals surface area contributed by atoms with Gasteiger partial charge in [0.1, 0.15) is 12.7 Å². The SMILES string of the molecule is CC(=O)O[C@H]1CC[C@@]2(C)[C@@H](CC[C@@H]3[C@@H]2CC[C@]2(C)C=C(COC(=O)c4ccccc4)C[C@@H]32)C1. The van der Waals surface area contributed by atoms with E-state index in [9.17, 15) is 9.59 Å². The van der Waals surface area contributed by atoms with E-state index < -0.39 is 0 Å². The van der Waals surface area contributed by atoms with Crippen LogP contribution in [0.3, 0.4) is 0 Å². The fourth-order valence-electron chi connectivity index (χ4n) is 8.20. The summed E-state index contributed by atoms with van der Waals surface area (Å²) in [6, 6.07) is 9.28. The first-order valence-corrected chi connectivity index (χ1v) is 12.9. The molecule has 3 fully saturated rings. The summed E-state index contributed by atoms with van der Waals surface area (Å²) < 4.78 is 11.3. The second-order valence-corrected chi connectivity index (χ2v) is 11.7. The van der Waals surface area contributed by atoms with E-state index in [-0.39, 0.29) is 23.5 Å². The Morgan fingerprint density at radius 3 is 2.55 bits per heavy atom. The van der Waals surface area contributed by atoms with Crippen LogP contribution in [0.4, 0.5) is 0 Å². The molecule has 0 saturated heterocycles. The molecule has 0 aromatic heterocycles. The van der Waals surface area contributed by atoms with Gasteiger partial charge in [0.05, 0.1) is 5.56 Å². The number of rotatable bonds is 4. The predicted molar refractivity (Wildman–Crippen MR) is 127 cm³/mol. The summed E-state index contributed by atoms with van der Waals surface area (Å²) in [5, 5.41) is 0. The molecule has 0 heterocycles. The van der Waals surface area contributed by atoms with Crippen molar-refractivity contribution in [3.05, 3.63) is 47.5 Å². The quantitative estimate of drug-likeness (QED) is 0.396. The lowest BCUT2D eigenvalue weighted by Gasteiger charge is -2.60. The van der Waals surface area contributed by atoms with E-state index in [1.807, 2.05) is 30.3 Å². The van der Waals surface area contributed by atoms with Gasteiger partial charge in [0, 0.05) is 6.92 Å². The number of fused-ring (bicyclic) bond motifs is 5. The zero-order valence-electron chi connectivity index (χ0n) is 20.3. The van der Waals surface area contributed by atoms with Crippen LogP contribution in [-0.4, -0.2) is 24.6 Å². The summed E-state index contributed by atoms with van der Waals surface area (Å²) in [7, 11) is 0. The largest absolute Gasteiger partial charge is 0.463 e. The Labute approximate surface area is 198 Å². The topological polar surface area (TPSA) is 52.6 Å². The Bertz CT molecular complexity index is 936. The molecule has 1 aromatic carbocycles. The molecule has 3 saturated carbocycles. The lowest BCUT2D eigenvalue weighted by Crippen LogP contribution is -2.53. The maximum absolute atomic E-state index is 12.4. The number of carbonyl (C=O) groups excluding carboxylic acids is 2. The van der Waals surface area contributed by atoms with Gasteiger partial charge in [0.25, 0.3) is 0 Å². The first-order chi connectivity index (χ1) is 15.8.